The molecule has 1 aromatic carbocycles. The van der Waals surface area contributed by atoms with Crippen molar-refractivity contribution < 1.29 is 27.5 Å². The van der Waals surface area contributed by atoms with E-state index in [1.807, 2.05) is 6.07 Å². The summed E-state index contributed by atoms with van der Waals surface area (Å²) in [6.45, 7) is 4.63. The van der Waals surface area contributed by atoms with Crippen molar-refractivity contribution in [3.05, 3.63) is 59.1 Å². The zero-order valence-corrected chi connectivity index (χ0v) is 20.6. The molecule has 0 unspecified atom stereocenters. The molecule has 1 saturated carbocycles. The lowest BCUT2D eigenvalue weighted by Gasteiger charge is -2.20. The summed E-state index contributed by atoms with van der Waals surface area (Å²) in [5, 5.41) is 16.7. The second-order valence-electron chi connectivity index (χ2n) is 9.37. The van der Waals surface area contributed by atoms with Crippen molar-refractivity contribution in [1.82, 2.24) is 30.0 Å². The highest BCUT2D eigenvalue weighted by atomic mass is 19.4. The molecule has 14 heteroatoms. The zero-order valence-electron chi connectivity index (χ0n) is 20.6. The first-order chi connectivity index (χ1) is 17.8. The molecular formula is C24H23F3N8O3. The van der Waals surface area contributed by atoms with Gasteiger partial charge in [-0.15, -0.1) is 18.3 Å². The average molecular weight is 528 g/mol. The number of amides is 2. The van der Waals surface area contributed by atoms with Crippen LogP contribution in [0.2, 0.25) is 0 Å². The van der Waals surface area contributed by atoms with E-state index in [9.17, 15) is 28.0 Å². The third-order valence-corrected chi connectivity index (χ3v) is 5.85. The molecule has 1 atom stereocenters. The van der Waals surface area contributed by atoms with Gasteiger partial charge in [0.15, 0.2) is 17.5 Å². The zero-order chi connectivity index (χ0) is 27.8. The van der Waals surface area contributed by atoms with E-state index in [2.05, 4.69) is 30.1 Å². The normalized spacial score (nSPS) is 14.4. The van der Waals surface area contributed by atoms with E-state index in [-0.39, 0.29) is 34.4 Å². The molecule has 3 aromatic rings. The summed E-state index contributed by atoms with van der Waals surface area (Å²) < 4.78 is 44.2. The van der Waals surface area contributed by atoms with Crippen LogP contribution in [0, 0.1) is 11.3 Å². The number of nitriles is 1. The van der Waals surface area contributed by atoms with Crippen molar-refractivity contribution in [3.63, 3.8) is 0 Å². The number of primary amides is 1. The highest BCUT2D eigenvalue weighted by Gasteiger charge is 2.34. The van der Waals surface area contributed by atoms with Gasteiger partial charge >= 0.3 is 6.36 Å². The average Bonchev–Trinajstić information content (AvgIpc) is 3.60. The molecule has 1 aliphatic rings. The van der Waals surface area contributed by atoms with Crippen LogP contribution in [0.4, 0.5) is 13.2 Å². The Morgan fingerprint density at radius 3 is 2.53 bits per heavy atom. The summed E-state index contributed by atoms with van der Waals surface area (Å²) in [6, 6.07) is 5.88. The number of alkyl halides is 3. The third kappa shape index (κ3) is 5.88. The van der Waals surface area contributed by atoms with Crippen LogP contribution < -0.4 is 15.8 Å². The lowest BCUT2D eigenvalue weighted by Crippen LogP contribution is -2.29. The Hall–Kier alpha value is -4.54. The molecule has 1 aliphatic carbocycles. The van der Waals surface area contributed by atoms with Gasteiger partial charge in [-0.3, -0.25) is 9.59 Å². The Bertz CT molecular complexity index is 1440. The molecule has 198 valence electrons. The Morgan fingerprint density at radius 2 is 1.92 bits per heavy atom. The van der Waals surface area contributed by atoms with Gasteiger partial charge in [-0.1, -0.05) is 0 Å². The van der Waals surface area contributed by atoms with Gasteiger partial charge in [-0.25, -0.2) is 15.0 Å². The Kier molecular flexibility index (Phi) is 6.79. The summed E-state index contributed by atoms with van der Waals surface area (Å²) in [5.41, 5.74) is 4.09. The van der Waals surface area contributed by atoms with Crippen LogP contribution in [0.3, 0.4) is 0 Å². The van der Waals surface area contributed by atoms with E-state index in [1.54, 1.807) is 6.92 Å². The van der Waals surface area contributed by atoms with E-state index in [1.165, 1.54) is 30.7 Å². The van der Waals surface area contributed by atoms with E-state index < -0.39 is 35.4 Å². The van der Waals surface area contributed by atoms with Crippen molar-refractivity contribution in [2.75, 3.05) is 0 Å². The quantitative estimate of drug-likeness (QED) is 0.450. The van der Waals surface area contributed by atoms with Gasteiger partial charge in [0.25, 0.3) is 11.8 Å². The van der Waals surface area contributed by atoms with Gasteiger partial charge in [0.1, 0.15) is 17.8 Å². The molecule has 1 fully saturated rings. The fraction of sp³-hybridized carbons (Fsp3) is 0.375. The first-order valence-electron chi connectivity index (χ1n) is 11.5. The molecule has 0 spiro atoms. The molecule has 0 radical (unpaired) electrons. The van der Waals surface area contributed by atoms with Crippen molar-refractivity contribution >= 4 is 11.8 Å². The molecule has 38 heavy (non-hydrogen) atoms. The smallest absolute Gasteiger partial charge is 0.406 e. The maximum atomic E-state index is 13.2. The maximum Gasteiger partial charge on any atom is 0.573 e. The minimum absolute atomic E-state index is 0.0461. The lowest BCUT2D eigenvalue weighted by atomic mass is 9.85. The van der Waals surface area contributed by atoms with Gasteiger partial charge in [0.2, 0.25) is 0 Å². The Labute approximate surface area is 214 Å². The fourth-order valence-electron chi connectivity index (χ4n) is 3.59. The van der Waals surface area contributed by atoms with Crippen molar-refractivity contribution in [2.24, 2.45) is 5.73 Å². The summed E-state index contributed by atoms with van der Waals surface area (Å²) in [5.74, 6) is -0.992. The van der Waals surface area contributed by atoms with Crippen LogP contribution in [0.1, 0.15) is 83.6 Å². The second-order valence-corrected chi connectivity index (χ2v) is 9.37. The van der Waals surface area contributed by atoms with E-state index in [0.29, 0.717) is 5.82 Å². The van der Waals surface area contributed by atoms with Crippen LogP contribution in [-0.2, 0) is 5.41 Å². The lowest BCUT2D eigenvalue weighted by molar-refractivity contribution is -0.274. The van der Waals surface area contributed by atoms with E-state index in [4.69, 9.17) is 5.73 Å². The number of nitrogens with two attached hydrogens (primary N) is 1. The molecular weight excluding hydrogens is 505 g/mol. The highest BCUT2D eigenvalue weighted by Crippen LogP contribution is 2.39. The third-order valence-electron chi connectivity index (χ3n) is 5.85. The maximum absolute atomic E-state index is 13.2. The van der Waals surface area contributed by atoms with Gasteiger partial charge < -0.3 is 15.8 Å². The van der Waals surface area contributed by atoms with Gasteiger partial charge in [0.05, 0.1) is 17.5 Å². The number of ether oxygens (including phenoxy) is 1. The number of hydrogen-bond donors (Lipinski definition) is 2. The Balaban J connectivity index is 1.68. The second kappa shape index (κ2) is 9.73. The van der Waals surface area contributed by atoms with Gasteiger partial charge in [0, 0.05) is 17.5 Å². The first kappa shape index (κ1) is 26.5. The SMILES string of the molecule is C[C@H](NC(=O)c1cc(OC(F)(F)F)cc(C(C)(C)C#N)c1)c1nc(C2CC2)nn1-c1cc(C(N)=O)ncn1. The Morgan fingerprint density at radius 1 is 1.21 bits per heavy atom. The summed E-state index contributed by atoms with van der Waals surface area (Å²) in [4.78, 5) is 37.3. The number of carbonyl (C=O) groups is 2. The van der Waals surface area contributed by atoms with Crippen LogP contribution in [0.15, 0.2) is 30.6 Å². The van der Waals surface area contributed by atoms with Crippen LogP contribution in [0.25, 0.3) is 5.82 Å². The highest BCUT2D eigenvalue weighted by molar-refractivity contribution is 5.95. The molecule has 4 rings (SSSR count). The van der Waals surface area contributed by atoms with Crippen molar-refractivity contribution in [3.8, 4) is 17.6 Å². The number of nitrogens with zero attached hydrogens (tertiary/aromatic N) is 6. The summed E-state index contributed by atoms with van der Waals surface area (Å²) in [7, 11) is 0. The van der Waals surface area contributed by atoms with Crippen LogP contribution in [-0.4, -0.2) is 42.9 Å². The minimum Gasteiger partial charge on any atom is -0.406 e. The summed E-state index contributed by atoms with van der Waals surface area (Å²) in [6.07, 6.45) is -2.06. The predicted octanol–water partition coefficient (Wildman–Crippen LogP) is 3.22. The number of halogens is 3. The predicted molar refractivity (Wildman–Crippen MR) is 125 cm³/mol. The standard InChI is InChI=1S/C24H23F3N8O3/c1-12(21-33-20(13-4-5-13)34-35(21)18-9-17(19(29)36)30-11-31-18)32-22(37)14-6-15(23(2,3)10-28)8-16(7-14)38-24(25,26)27/h6-9,11-13H,4-5H2,1-3H3,(H2,29,36)(H,32,37)/t12-/m0/s1. The topological polar surface area (TPSA) is 162 Å². The number of aromatic nitrogens is 5. The molecule has 2 amide bonds. The van der Waals surface area contributed by atoms with Crippen molar-refractivity contribution in [2.45, 2.75) is 57.3 Å². The van der Waals surface area contributed by atoms with E-state index >= 15 is 0 Å². The number of nitrogens with one attached hydrogen (secondary N) is 1. The largest absolute Gasteiger partial charge is 0.573 e. The first-order valence-corrected chi connectivity index (χ1v) is 11.5. The molecule has 0 saturated heterocycles. The van der Waals surface area contributed by atoms with Gasteiger partial charge in [-0.2, -0.15) is 9.94 Å². The van der Waals surface area contributed by atoms with Crippen molar-refractivity contribution in [1.29, 1.82) is 5.26 Å². The fourth-order valence-corrected chi connectivity index (χ4v) is 3.59. The number of carbonyl (C=O) groups excluding carboxylic acids is 2. The van der Waals surface area contributed by atoms with E-state index in [0.717, 1.165) is 31.3 Å². The monoisotopic (exact) mass is 528 g/mol. The van der Waals surface area contributed by atoms with Crippen LogP contribution >= 0.6 is 0 Å². The molecule has 3 N–H and O–H groups in total. The van der Waals surface area contributed by atoms with Gasteiger partial charge in [-0.05, 0) is 57.4 Å². The minimum atomic E-state index is -4.99. The number of benzene rings is 1. The molecule has 0 bridgehead atoms. The molecule has 2 heterocycles. The number of hydrogen-bond acceptors (Lipinski definition) is 8. The molecule has 0 aliphatic heterocycles. The summed E-state index contributed by atoms with van der Waals surface area (Å²) >= 11 is 0. The molecule has 2 aromatic heterocycles. The number of rotatable bonds is 8. The van der Waals surface area contributed by atoms with Crippen LogP contribution in [0.5, 0.6) is 5.75 Å². The molecule has 11 nitrogen and oxygen atoms in total.